The van der Waals surface area contributed by atoms with Crippen molar-refractivity contribution < 1.29 is 14.7 Å². The molecular formula is C17H15NO3. The molecule has 0 bridgehead atoms. The van der Waals surface area contributed by atoms with Crippen LogP contribution in [0.4, 0.5) is 0 Å². The van der Waals surface area contributed by atoms with Crippen LogP contribution in [-0.2, 0) is 9.59 Å². The Morgan fingerprint density at radius 2 is 1.86 bits per heavy atom. The minimum Gasteiger partial charge on any atom is -0.506 e. The molecular weight excluding hydrogens is 266 g/mol. The molecule has 0 amide bonds. The van der Waals surface area contributed by atoms with Crippen molar-refractivity contribution in [2.45, 2.75) is 26.2 Å². The lowest BCUT2D eigenvalue weighted by Crippen LogP contribution is -2.20. The van der Waals surface area contributed by atoms with E-state index in [0.29, 0.717) is 24.8 Å². The molecule has 0 aliphatic heterocycles. The molecule has 1 aliphatic carbocycles. The number of rotatable bonds is 1. The summed E-state index contributed by atoms with van der Waals surface area (Å²) in [6, 6.07) is 7.34. The molecule has 1 heterocycles. The van der Waals surface area contributed by atoms with E-state index in [1.165, 1.54) is 0 Å². The van der Waals surface area contributed by atoms with E-state index in [1.807, 2.05) is 25.1 Å². The third-order valence-electron chi connectivity index (χ3n) is 3.88. The van der Waals surface area contributed by atoms with Gasteiger partial charge in [0, 0.05) is 30.0 Å². The number of aromatic nitrogens is 1. The zero-order valence-electron chi connectivity index (χ0n) is 11.7. The fourth-order valence-electron chi connectivity index (χ4n) is 2.76. The Balaban J connectivity index is 2.22. The number of hydrogen-bond acceptors (Lipinski definition) is 4. The predicted molar refractivity (Wildman–Crippen MR) is 79.9 cm³/mol. The fourth-order valence-corrected chi connectivity index (χ4v) is 2.76. The number of carbonyl (C=O) groups is 2. The Morgan fingerprint density at radius 1 is 1.14 bits per heavy atom. The molecule has 1 aliphatic rings. The third kappa shape index (κ3) is 2.23. The number of pyridine rings is 1. The molecule has 3 rings (SSSR count). The molecule has 106 valence electrons. The second-order valence-electron chi connectivity index (χ2n) is 5.24. The van der Waals surface area contributed by atoms with Gasteiger partial charge in [0.05, 0.1) is 5.52 Å². The molecule has 21 heavy (non-hydrogen) atoms. The molecule has 4 heteroatoms. The smallest absolute Gasteiger partial charge is 0.170 e. The summed E-state index contributed by atoms with van der Waals surface area (Å²) in [5, 5.41) is 11.4. The number of nitrogens with zero attached hydrogens (tertiary/aromatic N) is 1. The van der Waals surface area contributed by atoms with Crippen molar-refractivity contribution in [3.8, 4) is 0 Å². The quantitative estimate of drug-likeness (QED) is 0.495. The molecule has 4 nitrogen and oxygen atoms in total. The van der Waals surface area contributed by atoms with Gasteiger partial charge >= 0.3 is 0 Å². The minimum absolute atomic E-state index is 0.0559. The number of aryl methyl sites for hydroxylation is 1. The van der Waals surface area contributed by atoms with E-state index in [9.17, 15) is 14.7 Å². The van der Waals surface area contributed by atoms with Gasteiger partial charge in [0.2, 0.25) is 0 Å². The third-order valence-corrected chi connectivity index (χ3v) is 3.88. The van der Waals surface area contributed by atoms with Crippen molar-refractivity contribution in [2.24, 2.45) is 0 Å². The van der Waals surface area contributed by atoms with Crippen LogP contribution in [-0.4, -0.2) is 21.7 Å². The molecule has 1 N–H and O–H groups in total. The average molecular weight is 281 g/mol. The zero-order chi connectivity index (χ0) is 15.0. The van der Waals surface area contributed by atoms with Gasteiger partial charge in [-0.25, -0.2) is 0 Å². The number of carbonyl (C=O) groups excluding carboxylic acids is 2. The molecule has 0 atom stereocenters. The van der Waals surface area contributed by atoms with Crippen molar-refractivity contribution in [1.82, 2.24) is 4.98 Å². The first-order valence-corrected chi connectivity index (χ1v) is 6.94. The summed E-state index contributed by atoms with van der Waals surface area (Å²) in [6.07, 6.45) is 2.87. The maximum Gasteiger partial charge on any atom is 0.170 e. The minimum atomic E-state index is -0.274. The van der Waals surface area contributed by atoms with E-state index in [4.69, 9.17) is 0 Å². The maximum atomic E-state index is 11.9. The Labute approximate surface area is 122 Å². The van der Waals surface area contributed by atoms with Gasteiger partial charge in [0.1, 0.15) is 11.3 Å². The first-order chi connectivity index (χ1) is 10.1. The highest BCUT2D eigenvalue weighted by Crippen LogP contribution is 2.29. The number of benzene rings is 1. The van der Waals surface area contributed by atoms with Gasteiger partial charge in [0.25, 0.3) is 0 Å². The van der Waals surface area contributed by atoms with Crippen LogP contribution in [0.5, 0.6) is 0 Å². The van der Waals surface area contributed by atoms with Gasteiger partial charge in [0.15, 0.2) is 11.6 Å². The largest absolute Gasteiger partial charge is 0.506 e. The molecule has 2 aromatic rings. The van der Waals surface area contributed by atoms with Gasteiger partial charge in [-0.3, -0.25) is 14.6 Å². The first kappa shape index (κ1) is 13.5. The highest BCUT2D eigenvalue weighted by atomic mass is 16.3. The van der Waals surface area contributed by atoms with Crippen LogP contribution >= 0.6 is 0 Å². The van der Waals surface area contributed by atoms with Crippen molar-refractivity contribution in [2.75, 3.05) is 0 Å². The van der Waals surface area contributed by atoms with Crippen LogP contribution < -0.4 is 0 Å². The molecule has 0 spiro atoms. The predicted octanol–water partition coefficient (Wildman–Crippen LogP) is 3.13. The summed E-state index contributed by atoms with van der Waals surface area (Å²) >= 11 is 0. The molecule has 0 saturated heterocycles. The fraction of sp³-hybridized carbons (Fsp3) is 0.235. The summed E-state index contributed by atoms with van der Waals surface area (Å²) < 4.78 is 0. The van der Waals surface area contributed by atoms with Crippen LogP contribution in [0.1, 0.15) is 30.4 Å². The van der Waals surface area contributed by atoms with Crippen LogP contribution in [0.15, 0.2) is 36.0 Å². The Hall–Kier alpha value is -2.49. The molecule has 0 radical (unpaired) electrons. The maximum absolute atomic E-state index is 11.9. The first-order valence-electron chi connectivity index (χ1n) is 6.94. The van der Waals surface area contributed by atoms with Gasteiger partial charge < -0.3 is 5.11 Å². The van der Waals surface area contributed by atoms with E-state index in [-0.39, 0.29) is 22.9 Å². The number of aliphatic hydroxyl groups excluding tert-OH is 1. The summed E-state index contributed by atoms with van der Waals surface area (Å²) in [4.78, 5) is 28.2. The van der Waals surface area contributed by atoms with Gasteiger partial charge in [-0.15, -0.1) is 0 Å². The molecule has 1 aromatic carbocycles. The number of ketones is 2. The normalized spacial score (nSPS) is 15.6. The highest BCUT2D eigenvalue weighted by molar-refractivity contribution is 6.25. The highest BCUT2D eigenvalue weighted by Gasteiger charge is 2.28. The van der Waals surface area contributed by atoms with Crippen LogP contribution in [0.2, 0.25) is 0 Å². The Bertz CT molecular complexity index is 772. The number of fused-ring (bicyclic) bond motifs is 1. The van der Waals surface area contributed by atoms with E-state index in [1.54, 1.807) is 12.3 Å². The summed E-state index contributed by atoms with van der Waals surface area (Å²) in [6.45, 7) is 1.83. The van der Waals surface area contributed by atoms with E-state index >= 15 is 0 Å². The monoisotopic (exact) mass is 281 g/mol. The lowest BCUT2D eigenvalue weighted by Gasteiger charge is -2.15. The van der Waals surface area contributed by atoms with Crippen molar-refractivity contribution in [3.63, 3.8) is 0 Å². The van der Waals surface area contributed by atoms with E-state index in [2.05, 4.69) is 4.98 Å². The van der Waals surface area contributed by atoms with E-state index < -0.39 is 0 Å². The van der Waals surface area contributed by atoms with Gasteiger partial charge in [-0.05, 0) is 25.0 Å². The molecule has 0 unspecified atom stereocenters. The summed E-state index contributed by atoms with van der Waals surface area (Å²) in [5.74, 6) is -0.761. The topological polar surface area (TPSA) is 67.3 Å². The van der Waals surface area contributed by atoms with Crippen molar-refractivity contribution >= 4 is 28.2 Å². The Morgan fingerprint density at radius 3 is 2.57 bits per heavy atom. The van der Waals surface area contributed by atoms with Gasteiger partial charge in [-0.2, -0.15) is 0 Å². The van der Waals surface area contributed by atoms with Crippen molar-refractivity contribution in [3.05, 3.63) is 47.2 Å². The second kappa shape index (κ2) is 5.13. The Kier molecular flexibility index (Phi) is 3.29. The SMILES string of the molecule is Cc1c(C(O)=C2C(=O)CCCC2=O)ccc2cccnc12. The van der Waals surface area contributed by atoms with Gasteiger partial charge in [-0.1, -0.05) is 18.2 Å². The zero-order valence-corrected chi connectivity index (χ0v) is 11.7. The summed E-state index contributed by atoms with van der Waals surface area (Å²) in [7, 11) is 0. The number of Topliss-reactive ketones (excluding diaryl/α,β-unsaturated/α-hetero) is 2. The molecule has 1 saturated carbocycles. The number of allylic oxidation sites excluding steroid dienone is 1. The lowest BCUT2D eigenvalue weighted by atomic mass is 9.88. The van der Waals surface area contributed by atoms with Crippen LogP contribution in [0, 0.1) is 6.92 Å². The average Bonchev–Trinajstić information content (AvgIpc) is 2.47. The van der Waals surface area contributed by atoms with Crippen LogP contribution in [0.25, 0.3) is 16.7 Å². The second-order valence-corrected chi connectivity index (χ2v) is 5.24. The molecule has 1 aromatic heterocycles. The van der Waals surface area contributed by atoms with Crippen LogP contribution in [0.3, 0.4) is 0 Å². The standard InChI is InChI=1S/C17H15NO3/c1-10-12(8-7-11-4-3-9-18-16(10)11)17(21)15-13(19)5-2-6-14(15)20/h3-4,7-9,21H,2,5-6H2,1H3. The molecule has 1 fully saturated rings. The van der Waals surface area contributed by atoms with E-state index in [0.717, 1.165) is 16.5 Å². The summed E-state index contributed by atoms with van der Waals surface area (Å²) in [5.41, 5.74) is 1.97. The number of aliphatic hydroxyl groups is 1. The van der Waals surface area contributed by atoms with Crippen molar-refractivity contribution in [1.29, 1.82) is 0 Å². The number of hydrogen-bond donors (Lipinski definition) is 1. The lowest BCUT2D eigenvalue weighted by molar-refractivity contribution is -0.123.